The van der Waals surface area contributed by atoms with Crippen LogP contribution in [-0.4, -0.2) is 52.0 Å². The number of anilines is 3. The number of hydrogen-bond donors (Lipinski definition) is 0. The highest BCUT2D eigenvalue weighted by Crippen LogP contribution is 2.33. The van der Waals surface area contributed by atoms with Crippen molar-refractivity contribution in [2.75, 3.05) is 40.9 Å². The Hall–Kier alpha value is -3.42. The SMILES string of the molecule is CC(C)n1cnnc1-c1cccc(N2CCN(c3ccc(N4CCC(C)(C)CC4)cc3)C2=O)n1. The zero-order chi connectivity index (χ0) is 23.9. The molecule has 8 nitrogen and oxygen atoms in total. The minimum Gasteiger partial charge on any atom is -0.371 e. The molecule has 2 fully saturated rings. The average Bonchev–Trinajstić information content (AvgIpc) is 3.47. The quantitative estimate of drug-likeness (QED) is 0.537. The van der Waals surface area contributed by atoms with E-state index in [1.54, 1.807) is 11.2 Å². The van der Waals surface area contributed by atoms with E-state index in [1.165, 1.54) is 18.5 Å². The second-order valence-electron chi connectivity index (χ2n) is 10.3. The summed E-state index contributed by atoms with van der Waals surface area (Å²) < 4.78 is 1.98. The first-order valence-electron chi connectivity index (χ1n) is 12.1. The van der Waals surface area contributed by atoms with Crippen LogP contribution in [0.15, 0.2) is 48.8 Å². The van der Waals surface area contributed by atoms with Gasteiger partial charge in [-0.25, -0.2) is 9.78 Å². The van der Waals surface area contributed by atoms with E-state index in [-0.39, 0.29) is 12.1 Å². The number of nitrogens with zero attached hydrogens (tertiary/aromatic N) is 7. The Kier molecular flexibility index (Phi) is 5.75. The first-order chi connectivity index (χ1) is 16.3. The van der Waals surface area contributed by atoms with E-state index < -0.39 is 0 Å². The number of benzene rings is 1. The lowest BCUT2D eigenvalue weighted by Crippen LogP contribution is -2.37. The van der Waals surface area contributed by atoms with Gasteiger partial charge in [0.05, 0.1) is 0 Å². The minimum atomic E-state index is -0.0533. The van der Waals surface area contributed by atoms with Gasteiger partial charge in [0.2, 0.25) is 0 Å². The fraction of sp³-hybridized carbons (Fsp3) is 0.462. The van der Waals surface area contributed by atoms with Crippen molar-refractivity contribution in [1.29, 1.82) is 0 Å². The van der Waals surface area contributed by atoms with Crippen LogP contribution in [0, 0.1) is 5.41 Å². The summed E-state index contributed by atoms with van der Waals surface area (Å²) in [5.41, 5.74) is 3.29. The van der Waals surface area contributed by atoms with Gasteiger partial charge in [-0.2, -0.15) is 0 Å². The number of carbonyl (C=O) groups excluding carboxylic acids is 1. The molecule has 0 saturated carbocycles. The van der Waals surface area contributed by atoms with Crippen molar-refractivity contribution >= 4 is 23.2 Å². The standard InChI is InChI=1S/C26H33N7O/c1-19(2)33-18-27-29-24(33)22-6-5-7-23(28-22)32-17-16-31(25(32)34)21-10-8-20(9-11-21)30-14-12-26(3,4)13-15-30/h5-11,18-19H,12-17H2,1-4H3. The van der Waals surface area contributed by atoms with E-state index in [1.807, 2.05) is 27.7 Å². The van der Waals surface area contributed by atoms with Gasteiger partial charge < -0.3 is 9.47 Å². The lowest BCUT2D eigenvalue weighted by molar-refractivity contribution is 0.255. The average molecular weight is 460 g/mol. The Morgan fingerprint density at radius 2 is 1.56 bits per heavy atom. The first-order valence-corrected chi connectivity index (χ1v) is 12.1. The summed E-state index contributed by atoms with van der Waals surface area (Å²) in [6.45, 7) is 12.2. The molecule has 2 aromatic heterocycles. The van der Waals surface area contributed by atoms with Crippen molar-refractivity contribution in [2.45, 2.75) is 46.6 Å². The maximum Gasteiger partial charge on any atom is 0.330 e. The lowest BCUT2D eigenvalue weighted by Gasteiger charge is -2.38. The van der Waals surface area contributed by atoms with E-state index in [4.69, 9.17) is 4.98 Å². The van der Waals surface area contributed by atoms with Crippen LogP contribution in [0.3, 0.4) is 0 Å². The number of rotatable bonds is 5. The van der Waals surface area contributed by atoms with Gasteiger partial charge in [0, 0.05) is 43.6 Å². The predicted octanol–water partition coefficient (Wildman–Crippen LogP) is 4.99. The van der Waals surface area contributed by atoms with Crippen LogP contribution in [0.1, 0.15) is 46.6 Å². The summed E-state index contributed by atoms with van der Waals surface area (Å²) in [5.74, 6) is 1.34. The normalized spacial score (nSPS) is 18.3. The van der Waals surface area contributed by atoms with Gasteiger partial charge in [-0.1, -0.05) is 19.9 Å². The number of aromatic nitrogens is 4. The van der Waals surface area contributed by atoms with Gasteiger partial charge in [-0.05, 0) is 68.5 Å². The lowest BCUT2D eigenvalue weighted by atomic mass is 9.82. The van der Waals surface area contributed by atoms with Crippen LogP contribution < -0.4 is 14.7 Å². The van der Waals surface area contributed by atoms with Crippen LogP contribution >= 0.6 is 0 Å². The molecular formula is C26H33N7O. The van der Waals surface area contributed by atoms with Gasteiger partial charge in [0.15, 0.2) is 5.82 Å². The molecule has 0 bridgehead atoms. The van der Waals surface area contributed by atoms with Crippen LogP contribution in [-0.2, 0) is 0 Å². The molecule has 8 heteroatoms. The summed E-state index contributed by atoms with van der Waals surface area (Å²) in [7, 11) is 0. The van der Waals surface area contributed by atoms with E-state index in [9.17, 15) is 4.79 Å². The molecule has 0 atom stereocenters. The van der Waals surface area contributed by atoms with Crippen molar-refractivity contribution in [3.63, 3.8) is 0 Å². The number of amides is 2. The highest BCUT2D eigenvalue weighted by molar-refractivity contribution is 6.05. The molecule has 0 radical (unpaired) electrons. The molecule has 34 heavy (non-hydrogen) atoms. The Labute approximate surface area is 201 Å². The molecule has 2 amide bonds. The molecule has 2 aliphatic rings. The molecule has 0 N–H and O–H groups in total. The van der Waals surface area contributed by atoms with Crippen molar-refractivity contribution in [2.24, 2.45) is 5.41 Å². The fourth-order valence-corrected chi connectivity index (χ4v) is 4.70. The van der Waals surface area contributed by atoms with Crippen molar-refractivity contribution < 1.29 is 4.79 Å². The molecule has 4 heterocycles. The zero-order valence-corrected chi connectivity index (χ0v) is 20.5. The van der Waals surface area contributed by atoms with Crippen LogP contribution in [0.2, 0.25) is 0 Å². The molecule has 1 aromatic carbocycles. The second kappa shape index (κ2) is 8.74. The van der Waals surface area contributed by atoms with Gasteiger partial charge in [0.1, 0.15) is 17.8 Å². The molecular weight excluding hydrogens is 426 g/mol. The monoisotopic (exact) mass is 459 g/mol. The molecule has 0 spiro atoms. The van der Waals surface area contributed by atoms with E-state index in [0.717, 1.165) is 18.8 Å². The highest BCUT2D eigenvalue weighted by atomic mass is 16.2. The van der Waals surface area contributed by atoms with Crippen molar-refractivity contribution in [1.82, 2.24) is 19.7 Å². The van der Waals surface area contributed by atoms with Gasteiger partial charge in [-0.3, -0.25) is 9.80 Å². The van der Waals surface area contributed by atoms with E-state index in [2.05, 4.69) is 67.1 Å². The summed E-state index contributed by atoms with van der Waals surface area (Å²) in [4.78, 5) is 24.1. The van der Waals surface area contributed by atoms with E-state index >= 15 is 0 Å². The molecule has 0 aliphatic carbocycles. The predicted molar refractivity (Wildman–Crippen MR) is 135 cm³/mol. The fourth-order valence-electron chi connectivity index (χ4n) is 4.70. The molecule has 2 aliphatic heterocycles. The molecule has 5 rings (SSSR count). The summed E-state index contributed by atoms with van der Waals surface area (Å²) in [6.07, 6.45) is 4.12. The largest absolute Gasteiger partial charge is 0.371 e. The smallest absolute Gasteiger partial charge is 0.330 e. The number of piperidine rings is 1. The number of hydrogen-bond acceptors (Lipinski definition) is 5. The molecule has 0 unspecified atom stereocenters. The van der Waals surface area contributed by atoms with Crippen molar-refractivity contribution in [3.8, 4) is 11.5 Å². The third-order valence-electron chi connectivity index (χ3n) is 7.02. The Morgan fingerprint density at radius 1 is 0.882 bits per heavy atom. The van der Waals surface area contributed by atoms with Gasteiger partial charge in [0.25, 0.3) is 0 Å². The third kappa shape index (κ3) is 4.24. The molecule has 178 valence electrons. The summed E-state index contributed by atoms with van der Waals surface area (Å²) in [6, 6.07) is 14.3. The Balaban J connectivity index is 1.31. The zero-order valence-electron chi connectivity index (χ0n) is 20.5. The van der Waals surface area contributed by atoms with Crippen LogP contribution in [0.5, 0.6) is 0 Å². The van der Waals surface area contributed by atoms with Gasteiger partial charge >= 0.3 is 6.03 Å². The highest BCUT2D eigenvalue weighted by Gasteiger charge is 2.32. The third-order valence-corrected chi connectivity index (χ3v) is 7.02. The molecule has 3 aromatic rings. The number of carbonyl (C=O) groups is 1. The first kappa shape index (κ1) is 22.4. The Bertz CT molecular complexity index is 1160. The Morgan fingerprint density at radius 3 is 2.26 bits per heavy atom. The maximum absolute atomic E-state index is 13.3. The second-order valence-corrected chi connectivity index (χ2v) is 10.3. The van der Waals surface area contributed by atoms with Crippen LogP contribution in [0.25, 0.3) is 11.5 Å². The summed E-state index contributed by atoms with van der Waals surface area (Å²) in [5, 5.41) is 8.29. The minimum absolute atomic E-state index is 0.0533. The summed E-state index contributed by atoms with van der Waals surface area (Å²) >= 11 is 0. The van der Waals surface area contributed by atoms with Crippen LogP contribution in [0.4, 0.5) is 22.0 Å². The van der Waals surface area contributed by atoms with Gasteiger partial charge in [-0.15, -0.1) is 10.2 Å². The molecule has 2 saturated heterocycles. The topological polar surface area (TPSA) is 70.4 Å². The number of urea groups is 1. The van der Waals surface area contributed by atoms with E-state index in [0.29, 0.717) is 35.8 Å². The van der Waals surface area contributed by atoms with Crippen molar-refractivity contribution in [3.05, 3.63) is 48.8 Å². The maximum atomic E-state index is 13.3. The number of pyridine rings is 1.